The van der Waals surface area contributed by atoms with Gasteiger partial charge in [-0.05, 0) is 57.4 Å². The number of hydrogen-bond donors (Lipinski definition) is 1. The molecule has 2 aromatic rings. The lowest BCUT2D eigenvalue weighted by atomic mass is 10.1. The molecule has 3 rings (SSSR count). The highest BCUT2D eigenvalue weighted by atomic mass is 16.5. The second-order valence-corrected chi connectivity index (χ2v) is 6.92. The SMILES string of the molecule is COc1ccc(C(=O)Nc2ccc3c(c2)OC(C)C(=O)N3CCN(C)C)cc1. The van der Waals surface area contributed by atoms with E-state index in [1.54, 1.807) is 61.4 Å². The van der Waals surface area contributed by atoms with E-state index in [2.05, 4.69) is 5.32 Å². The number of amides is 2. The van der Waals surface area contributed by atoms with Gasteiger partial charge in [0.1, 0.15) is 11.5 Å². The fourth-order valence-electron chi connectivity index (χ4n) is 2.96. The first-order valence-electron chi connectivity index (χ1n) is 9.11. The highest BCUT2D eigenvalue weighted by molar-refractivity contribution is 6.05. The Morgan fingerprint density at radius 3 is 2.57 bits per heavy atom. The number of rotatable bonds is 6. The van der Waals surface area contributed by atoms with Crippen LogP contribution in [0.5, 0.6) is 11.5 Å². The standard InChI is InChI=1S/C21H25N3O4/c1-14-21(26)24(12-11-23(2)3)18-10-7-16(13-19(18)28-14)22-20(25)15-5-8-17(27-4)9-6-15/h5-10,13-14H,11-12H2,1-4H3,(H,22,25). The molecule has 0 radical (unpaired) electrons. The van der Waals surface area contributed by atoms with Crippen LogP contribution < -0.4 is 19.7 Å². The monoisotopic (exact) mass is 383 g/mol. The summed E-state index contributed by atoms with van der Waals surface area (Å²) in [5.41, 5.74) is 1.84. The molecule has 1 heterocycles. The number of nitrogens with zero attached hydrogens (tertiary/aromatic N) is 2. The van der Waals surface area contributed by atoms with E-state index < -0.39 is 6.10 Å². The highest BCUT2D eigenvalue weighted by Crippen LogP contribution is 2.36. The van der Waals surface area contributed by atoms with Gasteiger partial charge in [0.25, 0.3) is 11.8 Å². The minimum absolute atomic E-state index is 0.0654. The van der Waals surface area contributed by atoms with Crippen molar-refractivity contribution in [3.05, 3.63) is 48.0 Å². The largest absolute Gasteiger partial charge is 0.497 e. The number of nitrogens with one attached hydrogen (secondary N) is 1. The Bertz CT molecular complexity index is 864. The number of fused-ring (bicyclic) bond motifs is 1. The summed E-state index contributed by atoms with van der Waals surface area (Å²) in [5.74, 6) is 0.977. The number of likely N-dealkylation sites (N-methyl/N-ethyl adjacent to an activating group) is 1. The number of carbonyl (C=O) groups is 2. The maximum absolute atomic E-state index is 12.5. The summed E-state index contributed by atoms with van der Waals surface area (Å²) in [4.78, 5) is 28.7. The average molecular weight is 383 g/mol. The quantitative estimate of drug-likeness (QED) is 0.830. The van der Waals surface area contributed by atoms with E-state index >= 15 is 0 Å². The minimum Gasteiger partial charge on any atom is -0.497 e. The summed E-state index contributed by atoms with van der Waals surface area (Å²) in [7, 11) is 5.51. The van der Waals surface area contributed by atoms with Gasteiger partial charge in [-0.1, -0.05) is 0 Å². The van der Waals surface area contributed by atoms with Crippen LogP contribution in [0.1, 0.15) is 17.3 Å². The third kappa shape index (κ3) is 4.26. The van der Waals surface area contributed by atoms with Gasteiger partial charge < -0.3 is 24.6 Å². The van der Waals surface area contributed by atoms with Crippen LogP contribution in [0.4, 0.5) is 11.4 Å². The van der Waals surface area contributed by atoms with Crippen molar-refractivity contribution in [2.45, 2.75) is 13.0 Å². The molecule has 0 fully saturated rings. The molecule has 0 saturated heterocycles. The number of methoxy groups -OCH3 is 1. The Kier molecular flexibility index (Phi) is 5.84. The van der Waals surface area contributed by atoms with Gasteiger partial charge >= 0.3 is 0 Å². The van der Waals surface area contributed by atoms with E-state index in [1.165, 1.54) is 0 Å². The van der Waals surface area contributed by atoms with Crippen LogP contribution in [0.25, 0.3) is 0 Å². The lowest BCUT2D eigenvalue weighted by Gasteiger charge is -2.34. The van der Waals surface area contributed by atoms with E-state index in [1.807, 2.05) is 19.0 Å². The van der Waals surface area contributed by atoms with Crippen molar-refractivity contribution >= 4 is 23.2 Å². The van der Waals surface area contributed by atoms with Crippen molar-refractivity contribution in [2.24, 2.45) is 0 Å². The zero-order chi connectivity index (χ0) is 20.3. The summed E-state index contributed by atoms with van der Waals surface area (Å²) in [6.45, 7) is 3.05. The molecule has 1 N–H and O–H groups in total. The smallest absolute Gasteiger partial charge is 0.267 e. The van der Waals surface area contributed by atoms with Crippen molar-refractivity contribution in [3.8, 4) is 11.5 Å². The van der Waals surface area contributed by atoms with Crippen LogP contribution >= 0.6 is 0 Å². The third-order valence-electron chi connectivity index (χ3n) is 4.55. The summed E-state index contributed by atoms with van der Waals surface area (Å²) in [5, 5.41) is 2.87. The topological polar surface area (TPSA) is 71.1 Å². The molecule has 2 aromatic carbocycles. The molecular formula is C21H25N3O4. The van der Waals surface area contributed by atoms with Crippen molar-refractivity contribution in [1.29, 1.82) is 0 Å². The second kappa shape index (κ2) is 8.31. The molecule has 148 valence electrons. The zero-order valence-corrected chi connectivity index (χ0v) is 16.6. The lowest BCUT2D eigenvalue weighted by molar-refractivity contribution is -0.125. The van der Waals surface area contributed by atoms with Gasteiger partial charge in [0.2, 0.25) is 0 Å². The number of ether oxygens (including phenoxy) is 2. The van der Waals surface area contributed by atoms with Gasteiger partial charge in [0.05, 0.1) is 12.8 Å². The molecule has 7 heteroatoms. The third-order valence-corrected chi connectivity index (χ3v) is 4.55. The number of carbonyl (C=O) groups excluding carboxylic acids is 2. The first-order valence-corrected chi connectivity index (χ1v) is 9.11. The van der Waals surface area contributed by atoms with E-state index in [0.29, 0.717) is 35.0 Å². The Morgan fingerprint density at radius 2 is 1.93 bits per heavy atom. The van der Waals surface area contributed by atoms with Crippen LogP contribution in [0.15, 0.2) is 42.5 Å². The normalized spacial score (nSPS) is 15.8. The Morgan fingerprint density at radius 1 is 1.21 bits per heavy atom. The van der Waals surface area contributed by atoms with Gasteiger partial charge in [0.15, 0.2) is 6.10 Å². The molecule has 0 bridgehead atoms. The molecule has 0 aromatic heterocycles. The second-order valence-electron chi connectivity index (χ2n) is 6.92. The van der Waals surface area contributed by atoms with Gasteiger partial charge in [0, 0.05) is 30.4 Å². The minimum atomic E-state index is -0.567. The van der Waals surface area contributed by atoms with Crippen molar-refractivity contribution in [2.75, 3.05) is 44.5 Å². The fraction of sp³-hybridized carbons (Fsp3) is 0.333. The average Bonchev–Trinajstić information content (AvgIpc) is 2.68. The Balaban J connectivity index is 1.79. The van der Waals surface area contributed by atoms with Gasteiger partial charge in [-0.3, -0.25) is 9.59 Å². The summed E-state index contributed by atoms with van der Waals surface area (Å²) in [6.07, 6.45) is -0.567. The summed E-state index contributed by atoms with van der Waals surface area (Å²) in [6, 6.07) is 12.2. The van der Waals surface area contributed by atoms with Crippen LogP contribution in [-0.4, -0.2) is 57.1 Å². The van der Waals surface area contributed by atoms with Gasteiger partial charge in [-0.25, -0.2) is 0 Å². The zero-order valence-electron chi connectivity index (χ0n) is 16.6. The van der Waals surface area contributed by atoms with E-state index in [-0.39, 0.29) is 11.8 Å². The van der Waals surface area contributed by atoms with Crippen molar-refractivity contribution in [1.82, 2.24) is 4.90 Å². The first kappa shape index (κ1) is 19.7. The fourth-order valence-corrected chi connectivity index (χ4v) is 2.96. The van der Waals surface area contributed by atoms with Crippen molar-refractivity contribution < 1.29 is 19.1 Å². The summed E-state index contributed by atoms with van der Waals surface area (Å²) < 4.78 is 10.9. The van der Waals surface area contributed by atoms with Gasteiger partial charge in [-0.2, -0.15) is 0 Å². The molecule has 0 saturated carbocycles. The molecule has 0 spiro atoms. The molecule has 1 unspecified atom stereocenters. The number of anilines is 2. The molecule has 1 atom stereocenters. The Hall–Kier alpha value is -3.06. The first-order chi connectivity index (χ1) is 13.4. The molecule has 2 amide bonds. The maximum atomic E-state index is 12.5. The molecule has 7 nitrogen and oxygen atoms in total. The number of benzene rings is 2. The maximum Gasteiger partial charge on any atom is 0.267 e. The summed E-state index contributed by atoms with van der Waals surface area (Å²) >= 11 is 0. The van der Waals surface area contributed by atoms with Gasteiger partial charge in [-0.15, -0.1) is 0 Å². The predicted molar refractivity (Wildman–Crippen MR) is 108 cm³/mol. The molecule has 28 heavy (non-hydrogen) atoms. The Labute approximate surface area is 164 Å². The lowest BCUT2D eigenvalue weighted by Crippen LogP contribution is -2.46. The number of hydrogen-bond acceptors (Lipinski definition) is 5. The van der Waals surface area contributed by atoms with Crippen LogP contribution in [0.3, 0.4) is 0 Å². The van der Waals surface area contributed by atoms with E-state index in [4.69, 9.17) is 9.47 Å². The van der Waals surface area contributed by atoms with Crippen molar-refractivity contribution in [3.63, 3.8) is 0 Å². The molecule has 1 aliphatic heterocycles. The highest BCUT2D eigenvalue weighted by Gasteiger charge is 2.31. The van der Waals surface area contributed by atoms with Crippen LogP contribution in [0.2, 0.25) is 0 Å². The molecular weight excluding hydrogens is 358 g/mol. The van der Waals surface area contributed by atoms with E-state index in [0.717, 1.165) is 6.54 Å². The van der Waals surface area contributed by atoms with Crippen LogP contribution in [-0.2, 0) is 4.79 Å². The van der Waals surface area contributed by atoms with E-state index in [9.17, 15) is 9.59 Å². The predicted octanol–water partition coefficient (Wildman–Crippen LogP) is 2.62. The molecule has 0 aliphatic carbocycles. The van der Waals surface area contributed by atoms with Crippen LogP contribution in [0, 0.1) is 0 Å². The molecule has 1 aliphatic rings.